The first-order chi connectivity index (χ1) is 9.75. The first-order valence-electron chi connectivity index (χ1n) is 6.37. The molecule has 3 aromatic rings. The molecule has 0 radical (unpaired) electrons. The molecule has 5 heteroatoms. The predicted molar refractivity (Wildman–Crippen MR) is 84.1 cm³/mol. The third kappa shape index (κ3) is 2.68. The molecule has 0 saturated heterocycles. The van der Waals surface area contributed by atoms with Crippen molar-refractivity contribution in [1.29, 1.82) is 0 Å². The Morgan fingerprint density at radius 3 is 2.90 bits per heavy atom. The van der Waals surface area contributed by atoms with E-state index >= 15 is 0 Å². The zero-order valence-electron chi connectivity index (χ0n) is 11.1. The van der Waals surface area contributed by atoms with Crippen molar-refractivity contribution >= 4 is 33.8 Å². The van der Waals surface area contributed by atoms with Crippen molar-refractivity contribution in [2.45, 2.75) is 20.0 Å². The molecule has 2 heterocycles. The highest BCUT2D eigenvalue weighted by Crippen LogP contribution is 2.24. The van der Waals surface area contributed by atoms with Gasteiger partial charge in [0, 0.05) is 34.6 Å². The molecular formula is C15H14ClN3S. The van der Waals surface area contributed by atoms with Crippen molar-refractivity contribution in [2.75, 3.05) is 0 Å². The summed E-state index contributed by atoms with van der Waals surface area (Å²) in [4.78, 5) is 9.97. The molecule has 0 aliphatic rings. The normalized spacial score (nSPS) is 11.1. The molecule has 1 aromatic carbocycles. The lowest BCUT2D eigenvalue weighted by molar-refractivity contribution is 0.699. The van der Waals surface area contributed by atoms with Crippen LogP contribution in [0.3, 0.4) is 0 Å². The number of hydrogen-bond acceptors (Lipinski definition) is 4. The molecule has 0 amide bonds. The molecule has 102 valence electrons. The molecule has 3 rings (SSSR count). The van der Waals surface area contributed by atoms with E-state index in [1.807, 2.05) is 36.7 Å². The summed E-state index contributed by atoms with van der Waals surface area (Å²) in [5.41, 5.74) is 5.10. The summed E-state index contributed by atoms with van der Waals surface area (Å²) < 4.78 is 0. The monoisotopic (exact) mass is 303 g/mol. The topological polar surface area (TPSA) is 37.8 Å². The van der Waals surface area contributed by atoms with Gasteiger partial charge in [-0.1, -0.05) is 17.7 Å². The van der Waals surface area contributed by atoms with Crippen molar-refractivity contribution < 1.29 is 0 Å². The number of benzene rings is 1. The SMILES string of the molecule is Cc1ncsc1CNCc1ccc(Cl)c2cccnc12. The molecule has 1 N–H and O–H groups in total. The molecule has 0 spiro atoms. The minimum atomic E-state index is 0.746. The van der Waals surface area contributed by atoms with Gasteiger partial charge in [-0.25, -0.2) is 4.98 Å². The average molecular weight is 304 g/mol. The molecule has 2 aromatic heterocycles. The van der Waals surface area contributed by atoms with E-state index in [1.165, 1.54) is 4.88 Å². The summed E-state index contributed by atoms with van der Waals surface area (Å²) in [6.07, 6.45) is 1.80. The summed E-state index contributed by atoms with van der Waals surface area (Å²) >= 11 is 7.88. The maximum absolute atomic E-state index is 6.20. The molecular weight excluding hydrogens is 290 g/mol. The van der Waals surface area contributed by atoms with E-state index in [0.717, 1.165) is 40.3 Å². The van der Waals surface area contributed by atoms with Gasteiger partial charge in [-0.3, -0.25) is 4.98 Å². The van der Waals surface area contributed by atoms with E-state index in [1.54, 1.807) is 17.5 Å². The molecule has 0 saturated carbocycles. The first kappa shape index (κ1) is 13.5. The van der Waals surface area contributed by atoms with Crippen LogP contribution in [0, 0.1) is 6.92 Å². The minimum absolute atomic E-state index is 0.746. The van der Waals surface area contributed by atoms with Gasteiger partial charge in [-0.2, -0.15) is 0 Å². The number of nitrogens with zero attached hydrogens (tertiary/aromatic N) is 2. The van der Waals surface area contributed by atoms with Crippen LogP contribution in [0.2, 0.25) is 5.02 Å². The van der Waals surface area contributed by atoms with Gasteiger partial charge in [-0.15, -0.1) is 11.3 Å². The number of thiazole rings is 1. The molecule has 3 nitrogen and oxygen atoms in total. The summed E-state index contributed by atoms with van der Waals surface area (Å²) in [5.74, 6) is 0. The third-order valence-electron chi connectivity index (χ3n) is 3.25. The number of fused-ring (bicyclic) bond motifs is 1. The van der Waals surface area contributed by atoms with E-state index in [4.69, 9.17) is 11.6 Å². The van der Waals surface area contributed by atoms with Gasteiger partial charge in [0.25, 0.3) is 0 Å². The maximum Gasteiger partial charge on any atom is 0.0798 e. The van der Waals surface area contributed by atoms with Crippen LogP contribution in [-0.2, 0) is 13.1 Å². The van der Waals surface area contributed by atoms with E-state index < -0.39 is 0 Å². The van der Waals surface area contributed by atoms with Crippen LogP contribution in [0.25, 0.3) is 10.9 Å². The average Bonchev–Trinajstić information content (AvgIpc) is 2.87. The lowest BCUT2D eigenvalue weighted by Crippen LogP contribution is -2.13. The predicted octanol–water partition coefficient (Wildman–Crippen LogP) is 3.94. The van der Waals surface area contributed by atoms with Crippen LogP contribution in [0.1, 0.15) is 16.1 Å². The Morgan fingerprint density at radius 1 is 1.20 bits per heavy atom. The van der Waals surface area contributed by atoms with Gasteiger partial charge < -0.3 is 5.32 Å². The fourth-order valence-corrected chi connectivity index (χ4v) is 3.11. The Morgan fingerprint density at radius 2 is 2.10 bits per heavy atom. The molecule has 0 fully saturated rings. The quantitative estimate of drug-likeness (QED) is 0.793. The second kappa shape index (κ2) is 5.87. The third-order valence-corrected chi connectivity index (χ3v) is 4.51. The number of aryl methyl sites for hydroxylation is 1. The van der Waals surface area contributed by atoms with E-state index in [-0.39, 0.29) is 0 Å². The Kier molecular flexibility index (Phi) is 3.96. The zero-order chi connectivity index (χ0) is 13.9. The lowest BCUT2D eigenvalue weighted by Gasteiger charge is -2.08. The molecule has 0 aliphatic carbocycles. The number of nitrogens with one attached hydrogen (secondary N) is 1. The highest BCUT2D eigenvalue weighted by atomic mass is 35.5. The van der Waals surface area contributed by atoms with Crippen molar-refractivity contribution in [1.82, 2.24) is 15.3 Å². The second-order valence-electron chi connectivity index (χ2n) is 4.57. The van der Waals surface area contributed by atoms with Gasteiger partial charge in [0.2, 0.25) is 0 Å². The molecule has 0 aliphatic heterocycles. The van der Waals surface area contributed by atoms with Crippen molar-refractivity contribution in [2.24, 2.45) is 0 Å². The van der Waals surface area contributed by atoms with Crippen LogP contribution >= 0.6 is 22.9 Å². The number of aromatic nitrogens is 2. The van der Waals surface area contributed by atoms with Gasteiger partial charge >= 0.3 is 0 Å². The Balaban J connectivity index is 1.78. The van der Waals surface area contributed by atoms with Crippen molar-refractivity contribution in [3.63, 3.8) is 0 Å². The summed E-state index contributed by atoms with van der Waals surface area (Å²) in [7, 11) is 0. The summed E-state index contributed by atoms with van der Waals surface area (Å²) in [6.45, 7) is 3.63. The zero-order valence-corrected chi connectivity index (χ0v) is 12.6. The van der Waals surface area contributed by atoms with Crippen LogP contribution in [0.4, 0.5) is 0 Å². The van der Waals surface area contributed by atoms with E-state index in [9.17, 15) is 0 Å². The number of pyridine rings is 1. The number of rotatable bonds is 4. The first-order valence-corrected chi connectivity index (χ1v) is 7.63. The molecule has 0 unspecified atom stereocenters. The standard InChI is InChI=1S/C15H14ClN3S/c1-10-14(20-9-19-10)8-17-7-11-4-5-13(16)12-3-2-6-18-15(11)12/h2-6,9,17H,7-8H2,1H3. The van der Waals surface area contributed by atoms with Gasteiger partial charge in [0.15, 0.2) is 0 Å². The Hall–Kier alpha value is -1.49. The highest BCUT2D eigenvalue weighted by Gasteiger charge is 2.06. The largest absolute Gasteiger partial charge is 0.308 e. The van der Waals surface area contributed by atoms with Gasteiger partial charge in [0.1, 0.15) is 0 Å². The Labute approximate surface area is 126 Å². The maximum atomic E-state index is 6.20. The lowest BCUT2D eigenvalue weighted by atomic mass is 10.1. The molecule has 0 bridgehead atoms. The van der Waals surface area contributed by atoms with Crippen LogP contribution in [-0.4, -0.2) is 9.97 Å². The smallest absolute Gasteiger partial charge is 0.0798 e. The van der Waals surface area contributed by atoms with Crippen molar-refractivity contribution in [3.05, 3.63) is 57.1 Å². The second-order valence-corrected chi connectivity index (χ2v) is 5.92. The van der Waals surface area contributed by atoms with Gasteiger partial charge in [-0.05, 0) is 30.7 Å². The van der Waals surface area contributed by atoms with Gasteiger partial charge in [0.05, 0.1) is 16.7 Å². The Bertz CT molecular complexity index is 739. The van der Waals surface area contributed by atoms with Crippen LogP contribution < -0.4 is 5.32 Å². The minimum Gasteiger partial charge on any atom is -0.308 e. The van der Waals surface area contributed by atoms with Crippen LogP contribution in [0.5, 0.6) is 0 Å². The van der Waals surface area contributed by atoms with E-state index in [0.29, 0.717) is 0 Å². The number of hydrogen-bond donors (Lipinski definition) is 1. The molecule has 0 atom stereocenters. The van der Waals surface area contributed by atoms with Crippen molar-refractivity contribution in [3.8, 4) is 0 Å². The van der Waals surface area contributed by atoms with Crippen LogP contribution in [0.15, 0.2) is 36.0 Å². The van der Waals surface area contributed by atoms with E-state index in [2.05, 4.69) is 15.3 Å². The number of halogens is 1. The highest BCUT2D eigenvalue weighted by molar-refractivity contribution is 7.09. The molecule has 20 heavy (non-hydrogen) atoms. The fourth-order valence-electron chi connectivity index (χ4n) is 2.15. The fraction of sp³-hybridized carbons (Fsp3) is 0.200. The summed E-state index contributed by atoms with van der Waals surface area (Å²) in [6, 6.07) is 7.87. The summed E-state index contributed by atoms with van der Waals surface area (Å²) in [5, 5.41) is 5.19.